The molecule has 6 atom stereocenters. The van der Waals surface area contributed by atoms with E-state index in [0.29, 0.717) is 111 Å². The van der Waals surface area contributed by atoms with Crippen molar-refractivity contribution in [1.82, 2.24) is 73.0 Å². The van der Waals surface area contributed by atoms with E-state index < -0.39 is 16.8 Å². The number of ether oxygens (including phenoxy) is 3. The number of pyridine rings is 3. The minimum absolute atomic E-state index is 0.0468. The van der Waals surface area contributed by atoms with Crippen LogP contribution in [0.1, 0.15) is 219 Å². The lowest BCUT2D eigenvalue weighted by atomic mass is 9.84. The Bertz CT molecular complexity index is 4770. The number of aromatic nitrogens is 9. The summed E-state index contributed by atoms with van der Waals surface area (Å²) in [5.41, 5.74) is 11.5. The highest BCUT2D eigenvalue weighted by atomic mass is 35.5. The second-order valence-corrected chi connectivity index (χ2v) is 35.2. The van der Waals surface area contributed by atoms with E-state index in [4.69, 9.17) is 64.0 Å². The van der Waals surface area contributed by atoms with Crippen molar-refractivity contribution in [1.29, 1.82) is 0 Å². The number of carbonyl (C=O) groups is 3. The molecule has 27 heteroatoms. The topological polar surface area (TPSA) is 251 Å². The summed E-state index contributed by atoms with van der Waals surface area (Å²) in [4.78, 5) is 78.8. The van der Waals surface area contributed by atoms with E-state index in [2.05, 4.69) is 29.7 Å². The zero-order valence-corrected chi connectivity index (χ0v) is 71.5. The number of aryl methyl sites for hydroxylation is 3. The molecule has 18 rings (SSSR count). The van der Waals surface area contributed by atoms with Crippen LogP contribution in [-0.4, -0.2) is 203 Å². The first kappa shape index (κ1) is 84.0. The number of hydrogen-bond donors (Lipinski definition) is 3. The molecule has 9 aromatic rings. The van der Waals surface area contributed by atoms with Crippen molar-refractivity contribution in [2.45, 2.75) is 170 Å². The lowest BCUT2D eigenvalue weighted by molar-refractivity contribution is 0.0286. The lowest BCUT2D eigenvalue weighted by Gasteiger charge is -2.40. The van der Waals surface area contributed by atoms with Crippen LogP contribution in [0, 0.1) is 0 Å². The fourth-order valence-corrected chi connectivity index (χ4v) is 19.9. The molecular weight excluding hydrogens is 1580 g/mol. The monoisotopic (exact) mass is 1680 g/mol. The molecule has 0 spiro atoms. The Balaban J connectivity index is 0.000000134. The number of amides is 3. The predicted molar refractivity (Wildman–Crippen MR) is 464 cm³/mol. The Labute approximate surface area is 717 Å². The van der Waals surface area contributed by atoms with Gasteiger partial charge in [-0.05, 0) is 237 Å². The van der Waals surface area contributed by atoms with Crippen LogP contribution in [0.2, 0.25) is 15.1 Å². The van der Waals surface area contributed by atoms with Crippen molar-refractivity contribution in [3.8, 4) is 0 Å². The van der Waals surface area contributed by atoms with Gasteiger partial charge in [0.25, 0.3) is 0 Å². The molecule has 120 heavy (non-hydrogen) atoms. The predicted octanol–water partition coefficient (Wildman–Crippen LogP) is 16.2. The lowest BCUT2D eigenvalue weighted by Crippen LogP contribution is -2.50. The van der Waals surface area contributed by atoms with Crippen molar-refractivity contribution >= 4 is 88.0 Å². The smallest absolute Gasteiger partial charge is 0.410 e. The number of fused-ring (bicyclic) bond motifs is 6. The molecule has 0 bridgehead atoms. The number of benzene rings is 3. The Kier molecular flexibility index (Phi) is 25.4. The average molecular weight is 1690 g/mol. The summed E-state index contributed by atoms with van der Waals surface area (Å²) in [5, 5.41) is 37.9. The van der Waals surface area contributed by atoms with Gasteiger partial charge in [-0.2, -0.15) is 0 Å². The van der Waals surface area contributed by atoms with Gasteiger partial charge >= 0.3 is 18.3 Å². The quantitative estimate of drug-likeness (QED) is 0.0961. The first-order valence-electron chi connectivity index (χ1n) is 42.6. The summed E-state index contributed by atoms with van der Waals surface area (Å²) in [7, 11) is 5.64. The SMILES string of the molecule is Cn1cncc1C(C)(O)C1=Cc2cccnc2[C@@H](N2CCN(C(=O)OC3CCCCC3)CC2)c2ccc(Cl)cc21.Cn1cncc1[C@@](C)(O)C1=Cc2cccnc2[C@@H](N2CCN(C(=O)OC3CCCCC3)CC2)c2ccc(Cl)cc21.Cn1cncc1[C@](C)(O)C1=Cc2cccnc2[C@@H](N2CCN(C(=O)OC3CCCCC3)CC2)c2ccc(Cl)cc21. The summed E-state index contributed by atoms with van der Waals surface area (Å²) in [6.07, 6.45) is 37.5. The third-order valence-corrected chi connectivity index (χ3v) is 26.6. The Morgan fingerprint density at radius 2 is 0.633 bits per heavy atom. The van der Waals surface area contributed by atoms with Crippen LogP contribution in [0.25, 0.3) is 34.9 Å². The molecule has 1 unspecified atom stereocenters. The van der Waals surface area contributed by atoms with Crippen molar-refractivity contribution in [2.75, 3.05) is 78.5 Å². The van der Waals surface area contributed by atoms with Gasteiger partial charge < -0.3 is 57.9 Å². The van der Waals surface area contributed by atoms with Gasteiger partial charge in [-0.25, -0.2) is 29.3 Å². The van der Waals surface area contributed by atoms with E-state index in [1.54, 1.807) is 58.3 Å². The number of halogens is 3. The van der Waals surface area contributed by atoms with Crippen molar-refractivity contribution in [3.63, 3.8) is 0 Å². The highest BCUT2D eigenvalue weighted by Gasteiger charge is 2.45. The fraction of sp³-hybridized carbons (Fsp3) is 0.452. The number of carbonyl (C=O) groups excluding carboxylic acids is 3. The molecule has 9 aliphatic rings. The number of rotatable bonds is 12. The molecule has 24 nitrogen and oxygen atoms in total. The van der Waals surface area contributed by atoms with Crippen molar-refractivity contribution in [3.05, 3.63) is 246 Å². The average Bonchev–Trinajstić information content (AvgIpc) is 1.60. The highest BCUT2D eigenvalue weighted by Crippen LogP contribution is 2.51. The Morgan fingerprint density at radius 3 is 0.875 bits per heavy atom. The zero-order valence-electron chi connectivity index (χ0n) is 69.3. The van der Waals surface area contributed by atoms with E-state index in [0.717, 1.165) is 161 Å². The third kappa shape index (κ3) is 17.6. The fourth-order valence-electron chi connectivity index (χ4n) is 19.4. The van der Waals surface area contributed by atoms with Crippen LogP contribution in [0.4, 0.5) is 14.4 Å². The second kappa shape index (κ2) is 36.2. The van der Waals surface area contributed by atoms with Gasteiger partial charge in [0, 0.05) is 133 Å². The van der Waals surface area contributed by atoms with Gasteiger partial charge in [-0.3, -0.25) is 29.7 Å². The van der Waals surface area contributed by atoms with Gasteiger partial charge in [0.1, 0.15) is 35.1 Å². The number of nitrogens with zero attached hydrogens (tertiary/aromatic N) is 15. The summed E-state index contributed by atoms with van der Waals surface area (Å²) in [6, 6.07) is 29.0. The Hall–Kier alpha value is -9.60. The molecule has 0 radical (unpaired) electrons. The van der Waals surface area contributed by atoms with Crippen molar-refractivity contribution in [2.24, 2.45) is 21.1 Å². The van der Waals surface area contributed by atoms with Gasteiger partial charge in [0.15, 0.2) is 0 Å². The number of piperazine rings is 3. The van der Waals surface area contributed by atoms with E-state index in [1.165, 1.54) is 19.3 Å². The summed E-state index contributed by atoms with van der Waals surface area (Å²) in [6.45, 7) is 13.0. The van der Waals surface area contributed by atoms with Crippen LogP contribution in [0.3, 0.4) is 0 Å². The summed E-state index contributed by atoms with van der Waals surface area (Å²) in [5.74, 6) is 0. The summed E-state index contributed by atoms with van der Waals surface area (Å²) < 4.78 is 23.1. The largest absolute Gasteiger partial charge is 0.446 e. The number of aliphatic hydroxyl groups is 3. The molecule has 3 amide bonds. The molecule has 3 aromatic carbocycles. The zero-order chi connectivity index (χ0) is 83.6. The van der Waals surface area contributed by atoms with Crippen LogP contribution in [0.5, 0.6) is 0 Å². The van der Waals surface area contributed by atoms with Gasteiger partial charge in [0.05, 0.1) is 89.9 Å². The van der Waals surface area contributed by atoms with E-state index >= 15 is 0 Å². The molecule has 630 valence electrons. The molecule has 3 aliphatic heterocycles. The Morgan fingerprint density at radius 1 is 0.375 bits per heavy atom. The maximum Gasteiger partial charge on any atom is 0.410 e. The minimum Gasteiger partial charge on any atom is -0.446 e. The van der Waals surface area contributed by atoms with E-state index in [9.17, 15) is 29.7 Å². The molecule has 3 saturated carbocycles. The highest BCUT2D eigenvalue weighted by molar-refractivity contribution is 6.31. The molecule has 6 aromatic heterocycles. The molecule has 3 saturated heterocycles. The molecule has 3 N–H and O–H groups in total. The minimum atomic E-state index is -1.34. The van der Waals surface area contributed by atoms with E-state index in [1.807, 2.05) is 177 Å². The molecular formula is C93H108Cl3N15O9. The summed E-state index contributed by atoms with van der Waals surface area (Å²) >= 11 is 19.7. The van der Waals surface area contributed by atoms with Crippen LogP contribution in [0.15, 0.2) is 147 Å². The third-order valence-electron chi connectivity index (χ3n) is 25.9. The van der Waals surface area contributed by atoms with Gasteiger partial charge in [-0.1, -0.05) is 90.5 Å². The molecule has 6 fully saturated rings. The second-order valence-electron chi connectivity index (χ2n) is 33.9. The van der Waals surface area contributed by atoms with E-state index in [-0.39, 0.29) is 54.7 Å². The van der Waals surface area contributed by atoms with Crippen molar-refractivity contribution < 1.29 is 43.9 Å². The molecule has 9 heterocycles. The van der Waals surface area contributed by atoms with Crippen LogP contribution >= 0.6 is 34.8 Å². The standard InChI is InChI=1S/3C31H36ClN5O3/c3*1-31(39,27-19-33-20-35(27)2)26-17-21-7-6-12-34-28(21)29(24-11-10-22(32)18-25(24)26)36-13-15-37(16-14-36)30(38)40-23-8-4-3-5-9-23/h3*6-7,10-12,17-20,23,29,39H,3-5,8-9,13-16H2,1-2H3/t29-,31?;29-,31+;29-,31-/m000/s1. The molecule has 6 aliphatic carbocycles. The van der Waals surface area contributed by atoms with Crippen LogP contribution < -0.4 is 0 Å². The van der Waals surface area contributed by atoms with Gasteiger partial charge in [-0.15, -0.1) is 0 Å². The first-order valence-corrected chi connectivity index (χ1v) is 43.7. The maximum absolute atomic E-state index is 12.9. The number of imidazole rings is 3. The van der Waals surface area contributed by atoms with Crippen LogP contribution in [-0.2, 0) is 52.2 Å². The van der Waals surface area contributed by atoms with Gasteiger partial charge in [0.2, 0.25) is 0 Å². The first-order chi connectivity index (χ1) is 58.0. The maximum atomic E-state index is 12.9. The number of hydrogen-bond acceptors (Lipinski definition) is 18. The normalized spacial score (nSPS) is 21.6.